The van der Waals surface area contributed by atoms with E-state index in [0.717, 1.165) is 11.1 Å². The normalized spacial score (nSPS) is 13.5. The van der Waals surface area contributed by atoms with Crippen molar-refractivity contribution < 1.29 is 14.1 Å². The third-order valence-electron chi connectivity index (χ3n) is 3.95. The minimum Gasteiger partial charge on any atom is -0.398 e. The van der Waals surface area contributed by atoms with Crippen molar-refractivity contribution in [1.29, 1.82) is 0 Å². The number of halogens is 1. The highest BCUT2D eigenvalue weighted by molar-refractivity contribution is 6.03. The lowest BCUT2D eigenvalue weighted by Crippen LogP contribution is -2.36. The fourth-order valence-corrected chi connectivity index (χ4v) is 2.80. The fourth-order valence-electron chi connectivity index (χ4n) is 2.80. The molecule has 1 aliphatic heterocycles. The molecule has 0 bridgehead atoms. The number of carbonyl (C=O) groups is 1. The Bertz CT molecular complexity index is 807. The topological polar surface area (TPSA) is 89.5 Å². The van der Waals surface area contributed by atoms with E-state index in [2.05, 4.69) is 0 Å². The molecular weight excluding hydrogens is 301 g/mol. The average Bonchev–Trinajstić information content (AvgIpc) is 2.53. The van der Waals surface area contributed by atoms with E-state index in [9.17, 15) is 19.3 Å². The van der Waals surface area contributed by atoms with Crippen molar-refractivity contribution in [2.75, 3.05) is 12.3 Å². The Balaban J connectivity index is 1.94. The summed E-state index contributed by atoms with van der Waals surface area (Å²) in [6, 6.07) is 8.60. The zero-order chi connectivity index (χ0) is 16.6. The van der Waals surface area contributed by atoms with Crippen LogP contribution in [-0.4, -0.2) is 22.3 Å². The smallest absolute Gasteiger partial charge is 0.284 e. The highest BCUT2D eigenvalue weighted by Gasteiger charge is 2.29. The standard InChI is InChI=1S/C16H14FN3O3/c17-12-5-4-11-9-19(7-6-10(11)8-12)16(21)15-13(18)2-1-3-14(15)20(22)23/h1-5,8H,6-7,9,18H2. The molecule has 7 heteroatoms. The van der Waals surface area contributed by atoms with Crippen molar-refractivity contribution in [3.63, 3.8) is 0 Å². The summed E-state index contributed by atoms with van der Waals surface area (Å²) in [5.74, 6) is -0.795. The molecule has 0 unspecified atom stereocenters. The third kappa shape index (κ3) is 2.73. The average molecular weight is 315 g/mol. The number of nitrogen functional groups attached to an aromatic ring is 1. The molecule has 0 aromatic heterocycles. The number of amides is 1. The van der Waals surface area contributed by atoms with Crippen molar-refractivity contribution in [3.05, 3.63) is 69.0 Å². The summed E-state index contributed by atoms with van der Waals surface area (Å²) < 4.78 is 13.2. The van der Waals surface area contributed by atoms with Gasteiger partial charge >= 0.3 is 0 Å². The molecule has 3 rings (SSSR count). The fraction of sp³-hybridized carbons (Fsp3) is 0.188. The van der Waals surface area contributed by atoms with Crippen LogP contribution < -0.4 is 5.73 Å². The van der Waals surface area contributed by atoms with Gasteiger partial charge in [0.05, 0.1) is 10.6 Å². The molecule has 0 radical (unpaired) electrons. The lowest BCUT2D eigenvalue weighted by Gasteiger charge is -2.29. The van der Waals surface area contributed by atoms with Gasteiger partial charge in [-0.1, -0.05) is 12.1 Å². The molecular formula is C16H14FN3O3. The largest absolute Gasteiger partial charge is 0.398 e. The molecule has 23 heavy (non-hydrogen) atoms. The van der Waals surface area contributed by atoms with Crippen LogP contribution in [0.5, 0.6) is 0 Å². The first-order valence-corrected chi connectivity index (χ1v) is 7.07. The SMILES string of the molecule is Nc1cccc([N+](=O)[O-])c1C(=O)N1CCc2cc(F)ccc2C1. The molecule has 0 aliphatic carbocycles. The molecule has 2 aromatic carbocycles. The second kappa shape index (κ2) is 5.68. The predicted octanol–water partition coefficient (Wildman–Crippen LogP) is 2.51. The van der Waals surface area contributed by atoms with E-state index in [1.54, 1.807) is 6.07 Å². The number of nitro benzene ring substituents is 1. The van der Waals surface area contributed by atoms with Crippen molar-refractivity contribution in [2.45, 2.75) is 13.0 Å². The summed E-state index contributed by atoms with van der Waals surface area (Å²) >= 11 is 0. The highest BCUT2D eigenvalue weighted by Crippen LogP contribution is 2.28. The Hall–Kier alpha value is -2.96. The van der Waals surface area contributed by atoms with E-state index in [0.29, 0.717) is 13.0 Å². The summed E-state index contributed by atoms with van der Waals surface area (Å²) in [7, 11) is 0. The Kier molecular flexibility index (Phi) is 3.69. The lowest BCUT2D eigenvalue weighted by molar-refractivity contribution is -0.385. The molecule has 1 aliphatic rings. The quantitative estimate of drug-likeness (QED) is 0.524. The Labute approximate surface area is 131 Å². The number of nitro groups is 1. The molecule has 0 atom stereocenters. The Morgan fingerprint density at radius 3 is 2.78 bits per heavy atom. The van der Waals surface area contributed by atoms with Gasteiger partial charge in [-0.25, -0.2) is 4.39 Å². The second-order valence-corrected chi connectivity index (χ2v) is 5.39. The molecule has 118 valence electrons. The first kappa shape index (κ1) is 15.0. The van der Waals surface area contributed by atoms with E-state index in [4.69, 9.17) is 5.73 Å². The minimum absolute atomic E-state index is 0.0779. The molecule has 0 saturated heterocycles. The van der Waals surface area contributed by atoms with Crippen molar-refractivity contribution >= 4 is 17.3 Å². The number of carbonyl (C=O) groups excluding carboxylic acids is 1. The molecule has 0 spiro atoms. The maximum absolute atomic E-state index is 13.2. The number of rotatable bonds is 2. The van der Waals surface area contributed by atoms with E-state index < -0.39 is 10.8 Å². The number of hydrogen-bond donors (Lipinski definition) is 1. The molecule has 6 nitrogen and oxygen atoms in total. The summed E-state index contributed by atoms with van der Waals surface area (Å²) in [6.07, 6.45) is 0.499. The molecule has 0 saturated carbocycles. The second-order valence-electron chi connectivity index (χ2n) is 5.39. The van der Waals surface area contributed by atoms with Gasteiger partial charge in [0.1, 0.15) is 11.4 Å². The number of nitrogens with zero attached hydrogens (tertiary/aromatic N) is 2. The Morgan fingerprint density at radius 1 is 1.26 bits per heavy atom. The van der Waals surface area contributed by atoms with Crippen LogP contribution >= 0.6 is 0 Å². The first-order valence-electron chi connectivity index (χ1n) is 7.07. The van der Waals surface area contributed by atoms with Crippen molar-refractivity contribution in [3.8, 4) is 0 Å². The molecule has 1 heterocycles. The number of anilines is 1. The van der Waals surface area contributed by atoms with Crippen molar-refractivity contribution in [2.24, 2.45) is 0 Å². The van der Waals surface area contributed by atoms with E-state index in [1.807, 2.05) is 0 Å². The maximum Gasteiger partial charge on any atom is 0.284 e. The van der Waals surface area contributed by atoms with Crippen LogP contribution in [0.2, 0.25) is 0 Å². The van der Waals surface area contributed by atoms with Crippen LogP contribution in [0.15, 0.2) is 36.4 Å². The summed E-state index contributed by atoms with van der Waals surface area (Å²) in [6.45, 7) is 0.640. The Morgan fingerprint density at radius 2 is 2.04 bits per heavy atom. The highest BCUT2D eigenvalue weighted by atomic mass is 19.1. The van der Waals surface area contributed by atoms with E-state index in [1.165, 1.54) is 35.2 Å². The minimum atomic E-state index is -0.614. The van der Waals surface area contributed by atoms with Gasteiger partial charge in [0, 0.05) is 19.2 Å². The maximum atomic E-state index is 13.2. The molecule has 0 fully saturated rings. The van der Waals surface area contributed by atoms with Gasteiger partial charge in [0.15, 0.2) is 0 Å². The predicted molar refractivity (Wildman–Crippen MR) is 82.4 cm³/mol. The lowest BCUT2D eigenvalue weighted by atomic mass is 9.98. The van der Waals surface area contributed by atoms with Gasteiger partial charge in [-0.3, -0.25) is 14.9 Å². The number of nitrogens with two attached hydrogens (primary N) is 1. The number of benzene rings is 2. The monoisotopic (exact) mass is 315 g/mol. The van der Waals surface area contributed by atoms with Gasteiger partial charge in [-0.05, 0) is 35.7 Å². The van der Waals surface area contributed by atoms with Gasteiger partial charge in [0.25, 0.3) is 11.6 Å². The number of fused-ring (bicyclic) bond motifs is 1. The van der Waals surface area contributed by atoms with Crippen LogP contribution in [-0.2, 0) is 13.0 Å². The first-order chi connectivity index (χ1) is 11.0. The van der Waals surface area contributed by atoms with Crippen LogP contribution in [0, 0.1) is 15.9 Å². The van der Waals surface area contributed by atoms with E-state index in [-0.39, 0.29) is 29.3 Å². The zero-order valence-corrected chi connectivity index (χ0v) is 12.2. The van der Waals surface area contributed by atoms with Crippen LogP contribution in [0.1, 0.15) is 21.5 Å². The van der Waals surface area contributed by atoms with Gasteiger partial charge in [-0.2, -0.15) is 0 Å². The summed E-state index contributed by atoms with van der Waals surface area (Å²) in [5.41, 5.74) is 7.15. The van der Waals surface area contributed by atoms with Crippen molar-refractivity contribution in [1.82, 2.24) is 4.90 Å². The van der Waals surface area contributed by atoms with E-state index >= 15 is 0 Å². The third-order valence-corrected chi connectivity index (χ3v) is 3.95. The summed E-state index contributed by atoms with van der Waals surface area (Å²) in [5, 5.41) is 11.1. The molecule has 2 N–H and O–H groups in total. The van der Waals surface area contributed by atoms with Crippen LogP contribution in [0.25, 0.3) is 0 Å². The number of hydrogen-bond acceptors (Lipinski definition) is 4. The van der Waals surface area contributed by atoms with Gasteiger partial charge in [0.2, 0.25) is 0 Å². The zero-order valence-electron chi connectivity index (χ0n) is 12.2. The molecule has 2 aromatic rings. The van der Waals surface area contributed by atoms with Gasteiger partial charge < -0.3 is 10.6 Å². The van der Waals surface area contributed by atoms with Crippen LogP contribution in [0.4, 0.5) is 15.8 Å². The van der Waals surface area contributed by atoms with Crippen LogP contribution in [0.3, 0.4) is 0 Å². The summed E-state index contributed by atoms with van der Waals surface area (Å²) in [4.78, 5) is 24.7. The van der Waals surface area contributed by atoms with Gasteiger partial charge in [-0.15, -0.1) is 0 Å². The molecule has 1 amide bonds.